The monoisotopic (exact) mass is 302 g/mol. The van der Waals surface area contributed by atoms with E-state index in [0.717, 1.165) is 6.42 Å². The maximum Gasteiger partial charge on any atom is 0.251 e. The molecule has 0 spiro atoms. The van der Waals surface area contributed by atoms with Crippen LogP contribution in [0.1, 0.15) is 35.5 Å². The summed E-state index contributed by atoms with van der Waals surface area (Å²) in [5, 5.41) is 0.174. The van der Waals surface area contributed by atoms with Crippen LogP contribution in [0.5, 0.6) is 0 Å². The van der Waals surface area contributed by atoms with E-state index in [9.17, 15) is 9.59 Å². The van der Waals surface area contributed by atoms with E-state index >= 15 is 0 Å². The summed E-state index contributed by atoms with van der Waals surface area (Å²) in [6, 6.07) is 9.07. The van der Waals surface area contributed by atoms with E-state index < -0.39 is 0 Å². The number of rotatable bonds is 5. The van der Waals surface area contributed by atoms with Gasteiger partial charge >= 0.3 is 0 Å². The first kappa shape index (κ1) is 15.5. The van der Waals surface area contributed by atoms with Crippen molar-refractivity contribution in [3.8, 4) is 0 Å². The smallest absolute Gasteiger partial charge is 0.251 e. The summed E-state index contributed by atoms with van der Waals surface area (Å²) in [6.45, 7) is 5.66. The van der Waals surface area contributed by atoms with Gasteiger partial charge in [-0.25, -0.2) is 4.98 Å². The van der Waals surface area contributed by atoms with Gasteiger partial charge in [0.15, 0.2) is 10.9 Å². The predicted molar refractivity (Wildman–Crippen MR) is 85.1 cm³/mol. The fourth-order valence-electron chi connectivity index (χ4n) is 1.97. The van der Waals surface area contributed by atoms with E-state index in [0.29, 0.717) is 16.4 Å². The number of nitrogens with one attached hydrogen (secondary N) is 1. The molecule has 0 fully saturated rings. The summed E-state index contributed by atoms with van der Waals surface area (Å²) in [5.41, 5.74) is 2.34. The highest BCUT2D eigenvalue weighted by Gasteiger charge is 2.17. The van der Waals surface area contributed by atoms with Gasteiger partial charge in [-0.15, -0.1) is 0 Å². The Kier molecular flexibility index (Phi) is 4.96. The van der Waals surface area contributed by atoms with E-state index in [1.54, 1.807) is 6.92 Å². The lowest BCUT2D eigenvalue weighted by Crippen LogP contribution is -2.16. The maximum atomic E-state index is 12.4. The van der Waals surface area contributed by atoms with Crippen LogP contribution >= 0.6 is 11.8 Å². The van der Waals surface area contributed by atoms with Crippen LogP contribution in [0.15, 0.2) is 40.3 Å². The Morgan fingerprint density at radius 2 is 2.00 bits per heavy atom. The van der Waals surface area contributed by atoms with Crippen LogP contribution in [0.3, 0.4) is 0 Å². The van der Waals surface area contributed by atoms with Crippen molar-refractivity contribution in [2.45, 2.75) is 37.6 Å². The number of carbonyl (C=O) groups is 1. The molecule has 0 saturated carbocycles. The summed E-state index contributed by atoms with van der Waals surface area (Å²) in [5.74, 6) is 0.0341. The molecule has 5 heteroatoms. The van der Waals surface area contributed by atoms with Gasteiger partial charge < -0.3 is 4.98 Å². The number of nitrogens with zero attached hydrogens (tertiary/aromatic N) is 1. The number of aromatic amines is 1. The normalized spacial score (nSPS) is 12.1. The molecule has 21 heavy (non-hydrogen) atoms. The Hall–Kier alpha value is -1.88. The second-order valence-corrected chi connectivity index (χ2v) is 6.20. The van der Waals surface area contributed by atoms with Crippen molar-refractivity contribution >= 4 is 17.5 Å². The quantitative estimate of drug-likeness (QED) is 0.524. The third kappa shape index (κ3) is 4.04. The molecule has 0 radical (unpaired) electrons. The molecule has 0 aliphatic carbocycles. The zero-order valence-electron chi connectivity index (χ0n) is 12.3. The van der Waals surface area contributed by atoms with Crippen LogP contribution in [-0.2, 0) is 6.42 Å². The average Bonchev–Trinajstić information content (AvgIpc) is 2.45. The third-order valence-corrected chi connectivity index (χ3v) is 4.14. The van der Waals surface area contributed by atoms with Gasteiger partial charge in [0.2, 0.25) is 0 Å². The van der Waals surface area contributed by atoms with Crippen LogP contribution in [0.25, 0.3) is 0 Å². The summed E-state index contributed by atoms with van der Waals surface area (Å²) in [6.07, 6.45) is 0.952. The molecule has 2 rings (SSSR count). The van der Waals surface area contributed by atoms with Crippen molar-refractivity contribution in [1.82, 2.24) is 9.97 Å². The molecule has 1 aromatic carbocycles. The zero-order valence-corrected chi connectivity index (χ0v) is 13.2. The van der Waals surface area contributed by atoms with E-state index in [1.165, 1.54) is 23.4 Å². The molecule has 1 N–H and O–H groups in total. The number of aromatic nitrogens is 2. The van der Waals surface area contributed by atoms with Gasteiger partial charge in [-0.3, -0.25) is 9.59 Å². The minimum absolute atomic E-state index is 0.0341. The molecule has 1 unspecified atom stereocenters. The molecule has 4 nitrogen and oxygen atoms in total. The molecule has 2 aromatic rings. The first-order valence-electron chi connectivity index (χ1n) is 6.87. The van der Waals surface area contributed by atoms with Gasteiger partial charge in [0.25, 0.3) is 5.56 Å². The Bertz CT molecular complexity index is 692. The molecule has 1 aromatic heterocycles. The van der Waals surface area contributed by atoms with Crippen molar-refractivity contribution < 1.29 is 4.79 Å². The molecule has 0 saturated heterocycles. The Morgan fingerprint density at radius 3 is 2.57 bits per heavy atom. The number of benzene rings is 1. The minimum atomic E-state index is -0.303. The fraction of sp³-hybridized carbons (Fsp3) is 0.312. The lowest BCUT2D eigenvalue weighted by Gasteiger charge is -2.10. The standard InChI is InChI=1S/C16H18N2O2S/c1-4-12-5-7-13(8-6-12)15(20)11(3)21-16-17-10(2)9-14(19)18-16/h5-9,11H,4H2,1-3H3,(H,17,18,19). The van der Waals surface area contributed by atoms with Crippen LogP contribution in [-0.4, -0.2) is 21.0 Å². The number of carbonyl (C=O) groups excluding carboxylic acids is 1. The highest BCUT2D eigenvalue weighted by atomic mass is 32.2. The minimum Gasteiger partial charge on any atom is -0.301 e. The highest BCUT2D eigenvalue weighted by molar-refractivity contribution is 8.00. The van der Waals surface area contributed by atoms with Gasteiger partial charge in [0.05, 0.1) is 5.25 Å². The first-order chi connectivity index (χ1) is 9.99. The fourth-order valence-corrected chi connectivity index (χ4v) is 2.90. The second-order valence-electron chi connectivity index (χ2n) is 4.87. The van der Waals surface area contributed by atoms with Crippen LogP contribution in [0, 0.1) is 6.92 Å². The summed E-state index contributed by atoms with van der Waals surface area (Å²) < 4.78 is 0. The Balaban J connectivity index is 2.13. The summed E-state index contributed by atoms with van der Waals surface area (Å²) in [4.78, 5) is 30.7. The molecule has 0 aliphatic heterocycles. The van der Waals surface area contributed by atoms with Crippen LogP contribution in [0.2, 0.25) is 0 Å². The molecule has 110 valence electrons. The molecule has 0 amide bonds. The van der Waals surface area contributed by atoms with Crippen molar-refractivity contribution in [3.05, 3.63) is 57.5 Å². The van der Waals surface area contributed by atoms with Crippen LogP contribution in [0.4, 0.5) is 0 Å². The number of aryl methyl sites for hydroxylation is 2. The largest absolute Gasteiger partial charge is 0.301 e. The van der Waals surface area contributed by atoms with E-state index in [-0.39, 0.29) is 16.6 Å². The number of thioether (sulfide) groups is 1. The number of Topliss-reactive ketones (excluding diaryl/α,β-unsaturated/α-hetero) is 1. The van der Waals surface area contributed by atoms with Gasteiger partial charge in [0.1, 0.15) is 0 Å². The second kappa shape index (κ2) is 6.72. The van der Waals surface area contributed by atoms with E-state index in [4.69, 9.17) is 0 Å². The third-order valence-electron chi connectivity index (χ3n) is 3.15. The first-order valence-corrected chi connectivity index (χ1v) is 7.75. The predicted octanol–water partition coefficient (Wildman–Crippen LogP) is 3.00. The molecular weight excluding hydrogens is 284 g/mol. The number of hydrogen-bond acceptors (Lipinski definition) is 4. The Morgan fingerprint density at radius 1 is 1.33 bits per heavy atom. The molecule has 0 aliphatic rings. The molecular formula is C16H18N2O2S. The lowest BCUT2D eigenvalue weighted by atomic mass is 10.1. The zero-order chi connectivity index (χ0) is 15.4. The summed E-state index contributed by atoms with van der Waals surface area (Å²) >= 11 is 1.27. The van der Waals surface area contributed by atoms with Gasteiger partial charge in [0, 0.05) is 17.3 Å². The van der Waals surface area contributed by atoms with Crippen molar-refractivity contribution in [2.75, 3.05) is 0 Å². The number of ketones is 1. The lowest BCUT2D eigenvalue weighted by molar-refractivity contribution is 0.0994. The van der Waals surface area contributed by atoms with Crippen molar-refractivity contribution in [1.29, 1.82) is 0 Å². The molecule has 0 bridgehead atoms. The van der Waals surface area contributed by atoms with Crippen LogP contribution < -0.4 is 5.56 Å². The molecule has 1 heterocycles. The van der Waals surface area contributed by atoms with Gasteiger partial charge in [-0.05, 0) is 25.8 Å². The number of hydrogen-bond donors (Lipinski definition) is 1. The van der Waals surface area contributed by atoms with Crippen molar-refractivity contribution in [2.24, 2.45) is 0 Å². The topological polar surface area (TPSA) is 62.8 Å². The van der Waals surface area contributed by atoms with E-state index in [2.05, 4.69) is 16.9 Å². The highest BCUT2D eigenvalue weighted by Crippen LogP contribution is 2.22. The maximum absolute atomic E-state index is 12.4. The Labute approximate surface area is 128 Å². The summed E-state index contributed by atoms with van der Waals surface area (Å²) in [7, 11) is 0. The molecule has 1 atom stereocenters. The average molecular weight is 302 g/mol. The number of H-pyrrole nitrogens is 1. The van der Waals surface area contributed by atoms with Gasteiger partial charge in [-0.1, -0.05) is 43.0 Å². The van der Waals surface area contributed by atoms with E-state index in [1.807, 2.05) is 31.2 Å². The van der Waals surface area contributed by atoms with Gasteiger partial charge in [-0.2, -0.15) is 0 Å². The SMILES string of the molecule is CCc1ccc(C(=O)C(C)Sc2nc(C)cc(=O)[nH]2)cc1. The van der Waals surface area contributed by atoms with Crippen molar-refractivity contribution in [3.63, 3.8) is 0 Å².